The van der Waals surface area contributed by atoms with Gasteiger partial charge in [-0.25, -0.2) is 0 Å². The predicted molar refractivity (Wildman–Crippen MR) is 315 cm³/mol. The smallest absolute Gasteiger partial charge is 0.305 e. The summed E-state index contributed by atoms with van der Waals surface area (Å²) in [6.45, 7) is 4.97. The number of hydrogen-bond acceptors (Lipinski definition) is 5. The second-order valence-electron chi connectivity index (χ2n) is 22.4. The van der Waals surface area contributed by atoms with Gasteiger partial charge in [-0.3, -0.25) is 9.59 Å². The molecule has 0 aromatic carbocycles. The van der Waals surface area contributed by atoms with E-state index in [1.54, 1.807) is 0 Å². The van der Waals surface area contributed by atoms with Crippen molar-refractivity contribution in [3.63, 3.8) is 0 Å². The number of hydrogen-bond donors (Lipinski definition) is 3. The molecule has 0 aliphatic heterocycles. The lowest BCUT2D eigenvalue weighted by atomic mass is 10.0. The number of carbonyl (C=O) groups excluding carboxylic acids is 2. The van der Waals surface area contributed by atoms with E-state index >= 15 is 0 Å². The van der Waals surface area contributed by atoms with Crippen LogP contribution in [-0.4, -0.2) is 47.4 Å². The number of carbonyl (C=O) groups is 2. The fraction of sp³-hybridized carbons (Fsp3) is 0.909. The van der Waals surface area contributed by atoms with E-state index in [-0.39, 0.29) is 18.5 Å². The van der Waals surface area contributed by atoms with Crippen molar-refractivity contribution < 1.29 is 24.5 Å². The topological polar surface area (TPSA) is 95.9 Å². The molecule has 6 heteroatoms. The summed E-state index contributed by atoms with van der Waals surface area (Å²) in [5.74, 6) is -0.0345. The molecule has 0 aromatic heterocycles. The highest BCUT2D eigenvalue weighted by Crippen LogP contribution is 2.18. The maximum absolute atomic E-state index is 12.5. The quantitative estimate of drug-likeness (QED) is 0.0320. The Labute approximate surface area is 450 Å². The first-order chi connectivity index (χ1) is 35.5. The molecule has 3 N–H and O–H groups in total. The van der Waals surface area contributed by atoms with Crippen LogP contribution in [-0.2, 0) is 14.3 Å². The Bertz CT molecular complexity index is 1120. The number of ether oxygens (including phenoxy) is 1. The second kappa shape index (κ2) is 61.9. The summed E-state index contributed by atoms with van der Waals surface area (Å²) in [4.78, 5) is 24.6. The zero-order valence-electron chi connectivity index (χ0n) is 48.7. The standard InChI is InChI=1S/C66H127NO5/c1-3-5-7-9-11-13-15-17-19-27-31-34-38-42-46-50-54-58-64(69)63(62-68)67-65(70)59-55-51-47-43-39-35-32-28-25-23-21-20-22-24-26-29-33-37-41-45-49-53-57-61-72-66(71)60-56-52-48-44-40-36-30-18-16-14-12-10-8-6-4-2/h18,23,25,30,63-64,68-69H,3-17,19-22,24,26-29,31-62H2,1-2H3,(H,67,70)/b25-23-,30-18-. The van der Waals surface area contributed by atoms with Crippen molar-refractivity contribution in [1.29, 1.82) is 0 Å². The third kappa shape index (κ3) is 57.6. The third-order valence-corrected chi connectivity index (χ3v) is 15.2. The summed E-state index contributed by atoms with van der Waals surface area (Å²) in [6.07, 6.45) is 76.2. The van der Waals surface area contributed by atoms with Crippen molar-refractivity contribution in [2.45, 2.75) is 373 Å². The lowest BCUT2D eigenvalue weighted by molar-refractivity contribution is -0.143. The predicted octanol–water partition coefficient (Wildman–Crippen LogP) is 20.6. The molecule has 0 aliphatic rings. The van der Waals surface area contributed by atoms with Crippen LogP contribution in [0.4, 0.5) is 0 Å². The Morgan fingerprint density at radius 2 is 0.653 bits per heavy atom. The number of allylic oxidation sites excluding steroid dienone is 4. The summed E-state index contributed by atoms with van der Waals surface area (Å²) < 4.78 is 5.48. The van der Waals surface area contributed by atoms with Crippen molar-refractivity contribution in [1.82, 2.24) is 5.32 Å². The van der Waals surface area contributed by atoms with Gasteiger partial charge in [0.1, 0.15) is 0 Å². The van der Waals surface area contributed by atoms with Gasteiger partial charge in [0.15, 0.2) is 0 Å². The molecule has 0 saturated heterocycles. The molecule has 0 rings (SSSR count). The van der Waals surface area contributed by atoms with E-state index < -0.39 is 12.1 Å². The number of unbranched alkanes of at least 4 members (excludes halogenated alkanes) is 46. The normalized spacial score (nSPS) is 12.7. The fourth-order valence-electron chi connectivity index (χ4n) is 10.2. The van der Waals surface area contributed by atoms with E-state index in [1.165, 1.54) is 283 Å². The molecule has 0 bridgehead atoms. The van der Waals surface area contributed by atoms with E-state index in [0.29, 0.717) is 25.9 Å². The minimum atomic E-state index is -0.668. The van der Waals surface area contributed by atoms with Crippen molar-refractivity contribution >= 4 is 11.9 Å². The molecule has 426 valence electrons. The van der Waals surface area contributed by atoms with Crippen LogP contribution in [0.15, 0.2) is 24.3 Å². The Morgan fingerprint density at radius 3 is 0.986 bits per heavy atom. The molecule has 0 spiro atoms. The molecule has 72 heavy (non-hydrogen) atoms. The van der Waals surface area contributed by atoms with Gasteiger partial charge in [0.2, 0.25) is 5.91 Å². The van der Waals surface area contributed by atoms with Crippen LogP contribution in [0.2, 0.25) is 0 Å². The molecule has 0 heterocycles. The van der Waals surface area contributed by atoms with Crippen molar-refractivity contribution in [3.05, 3.63) is 24.3 Å². The van der Waals surface area contributed by atoms with Crippen molar-refractivity contribution in [2.24, 2.45) is 0 Å². The van der Waals surface area contributed by atoms with Crippen LogP contribution in [0.25, 0.3) is 0 Å². The lowest BCUT2D eigenvalue weighted by Crippen LogP contribution is -2.45. The molecule has 0 saturated carbocycles. The first kappa shape index (κ1) is 70.3. The average molecular weight is 1010 g/mol. The van der Waals surface area contributed by atoms with Crippen LogP contribution in [0.1, 0.15) is 361 Å². The third-order valence-electron chi connectivity index (χ3n) is 15.2. The van der Waals surface area contributed by atoms with Gasteiger partial charge in [-0.2, -0.15) is 0 Å². The van der Waals surface area contributed by atoms with Crippen LogP contribution < -0.4 is 5.32 Å². The summed E-state index contributed by atoms with van der Waals surface area (Å²) in [5, 5.41) is 23.3. The molecule has 2 unspecified atom stereocenters. The van der Waals surface area contributed by atoms with E-state index in [2.05, 4.69) is 43.5 Å². The first-order valence-corrected chi connectivity index (χ1v) is 32.6. The van der Waals surface area contributed by atoms with Gasteiger partial charge in [0.25, 0.3) is 0 Å². The summed E-state index contributed by atoms with van der Waals surface area (Å²) in [7, 11) is 0. The van der Waals surface area contributed by atoms with Crippen LogP contribution in [0.3, 0.4) is 0 Å². The Balaban J connectivity index is 3.41. The average Bonchev–Trinajstić information content (AvgIpc) is 3.38. The molecule has 0 fully saturated rings. The fourth-order valence-corrected chi connectivity index (χ4v) is 10.2. The van der Waals surface area contributed by atoms with Gasteiger partial charge >= 0.3 is 5.97 Å². The van der Waals surface area contributed by atoms with E-state index in [4.69, 9.17) is 4.74 Å². The van der Waals surface area contributed by atoms with Gasteiger partial charge < -0.3 is 20.3 Å². The summed E-state index contributed by atoms with van der Waals surface area (Å²) in [6, 6.07) is -0.546. The number of rotatable bonds is 61. The zero-order chi connectivity index (χ0) is 52.2. The molecule has 1 amide bonds. The van der Waals surface area contributed by atoms with Gasteiger partial charge in [0.05, 0.1) is 25.4 Å². The Kier molecular flexibility index (Phi) is 60.5. The van der Waals surface area contributed by atoms with Crippen LogP contribution in [0, 0.1) is 0 Å². The SMILES string of the molecule is CCCCCCCC/C=C\CCCCCCCC(=O)OCCCCCCCCCCCCCC/C=C\CCCCCCCCCC(=O)NC(CO)C(O)CCCCCCCCCCCCCCCCCCC. The van der Waals surface area contributed by atoms with Gasteiger partial charge in [0, 0.05) is 12.8 Å². The monoisotopic (exact) mass is 1010 g/mol. The van der Waals surface area contributed by atoms with Gasteiger partial charge in [-0.05, 0) is 77.0 Å². The van der Waals surface area contributed by atoms with Gasteiger partial charge in [-0.1, -0.05) is 295 Å². The number of nitrogens with one attached hydrogen (secondary N) is 1. The highest BCUT2D eigenvalue weighted by Gasteiger charge is 2.20. The summed E-state index contributed by atoms with van der Waals surface area (Å²) >= 11 is 0. The van der Waals surface area contributed by atoms with E-state index in [0.717, 1.165) is 44.9 Å². The van der Waals surface area contributed by atoms with Gasteiger partial charge in [-0.15, -0.1) is 0 Å². The highest BCUT2D eigenvalue weighted by atomic mass is 16.5. The maximum atomic E-state index is 12.5. The van der Waals surface area contributed by atoms with E-state index in [1.807, 2.05) is 0 Å². The molecule has 2 atom stereocenters. The highest BCUT2D eigenvalue weighted by molar-refractivity contribution is 5.76. The second-order valence-corrected chi connectivity index (χ2v) is 22.4. The number of esters is 1. The molecular formula is C66H127NO5. The van der Waals surface area contributed by atoms with Crippen LogP contribution >= 0.6 is 0 Å². The lowest BCUT2D eigenvalue weighted by Gasteiger charge is -2.22. The molecule has 0 radical (unpaired) electrons. The van der Waals surface area contributed by atoms with Crippen molar-refractivity contribution in [3.8, 4) is 0 Å². The first-order valence-electron chi connectivity index (χ1n) is 32.6. The van der Waals surface area contributed by atoms with Crippen molar-refractivity contribution in [2.75, 3.05) is 13.2 Å². The minimum absolute atomic E-state index is 0.00414. The zero-order valence-corrected chi connectivity index (χ0v) is 48.7. The molecule has 0 aliphatic carbocycles. The molecular weight excluding hydrogens is 887 g/mol. The maximum Gasteiger partial charge on any atom is 0.305 e. The Morgan fingerprint density at radius 1 is 0.375 bits per heavy atom. The molecule has 0 aromatic rings. The largest absolute Gasteiger partial charge is 0.466 e. The number of aliphatic hydroxyl groups is 2. The minimum Gasteiger partial charge on any atom is -0.466 e. The molecule has 6 nitrogen and oxygen atoms in total. The Hall–Kier alpha value is -1.66. The van der Waals surface area contributed by atoms with Crippen LogP contribution in [0.5, 0.6) is 0 Å². The number of aliphatic hydroxyl groups excluding tert-OH is 2. The summed E-state index contributed by atoms with van der Waals surface area (Å²) in [5.41, 5.74) is 0. The van der Waals surface area contributed by atoms with E-state index in [9.17, 15) is 19.8 Å². The number of amides is 1.